The number of fused-ring (bicyclic) bond motifs is 7. The van der Waals surface area contributed by atoms with Crippen molar-refractivity contribution < 1.29 is 4.79 Å². The van der Waals surface area contributed by atoms with Crippen LogP contribution in [-0.2, 0) is 4.79 Å². The van der Waals surface area contributed by atoms with Gasteiger partial charge in [-0.25, -0.2) is 0 Å². The standard InChI is InChI=1S/C32H52O/c1-21(2)23-11-17-32(20-33)19-18-28(6)24(26(23)32)12-15-31(9)29(7)14-10-22(3)27(4,5)25(29)13-16-30(28,31)8/h20-22,24-25H,10-19H2,1-9H3/t22-,24+,25?,28+,29-,30-,31+,32+/m0/s1. The molecule has 4 fully saturated rings. The Labute approximate surface area is 204 Å². The van der Waals surface area contributed by atoms with Crippen LogP contribution in [0.3, 0.4) is 0 Å². The van der Waals surface area contributed by atoms with Crippen molar-refractivity contribution in [2.75, 3.05) is 0 Å². The van der Waals surface area contributed by atoms with E-state index in [1.807, 2.05) is 0 Å². The van der Waals surface area contributed by atoms with Crippen molar-refractivity contribution >= 4 is 6.29 Å². The van der Waals surface area contributed by atoms with Crippen LogP contribution in [0.25, 0.3) is 0 Å². The maximum absolute atomic E-state index is 12.6. The zero-order chi connectivity index (χ0) is 24.2. The highest BCUT2D eigenvalue weighted by Crippen LogP contribution is 2.81. The van der Waals surface area contributed by atoms with E-state index in [2.05, 4.69) is 62.3 Å². The highest BCUT2D eigenvalue weighted by Gasteiger charge is 2.73. The van der Waals surface area contributed by atoms with Crippen molar-refractivity contribution in [1.29, 1.82) is 0 Å². The van der Waals surface area contributed by atoms with Gasteiger partial charge in [-0.15, -0.1) is 0 Å². The number of rotatable bonds is 2. The fourth-order valence-corrected chi connectivity index (χ4v) is 11.5. The molecule has 0 amide bonds. The first kappa shape index (κ1) is 24.1. The number of carbonyl (C=O) groups is 1. The van der Waals surface area contributed by atoms with Crippen LogP contribution in [0.15, 0.2) is 11.1 Å². The summed E-state index contributed by atoms with van der Waals surface area (Å²) >= 11 is 0. The highest BCUT2D eigenvalue weighted by atomic mass is 16.1. The Hall–Kier alpha value is -0.590. The average molecular weight is 453 g/mol. The van der Waals surface area contributed by atoms with Crippen LogP contribution >= 0.6 is 0 Å². The topological polar surface area (TPSA) is 17.1 Å². The summed E-state index contributed by atoms with van der Waals surface area (Å²) in [5.74, 6) is 2.86. The van der Waals surface area contributed by atoms with Crippen molar-refractivity contribution in [2.45, 2.75) is 127 Å². The Morgan fingerprint density at radius 1 is 0.788 bits per heavy atom. The van der Waals surface area contributed by atoms with Gasteiger partial charge in [0, 0.05) is 5.41 Å². The summed E-state index contributed by atoms with van der Waals surface area (Å²) in [6, 6.07) is 0. The zero-order valence-corrected chi connectivity index (χ0v) is 23.4. The summed E-state index contributed by atoms with van der Waals surface area (Å²) in [5.41, 5.74) is 5.08. The van der Waals surface area contributed by atoms with E-state index >= 15 is 0 Å². The van der Waals surface area contributed by atoms with Crippen LogP contribution in [-0.4, -0.2) is 6.29 Å². The fourth-order valence-electron chi connectivity index (χ4n) is 11.5. The minimum Gasteiger partial charge on any atom is -0.302 e. The summed E-state index contributed by atoms with van der Waals surface area (Å²) < 4.78 is 0. The monoisotopic (exact) mass is 452 g/mol. The third-order valence-corrected chi connectivity index (χ3v) is 14.5. The molecule has 5 aliphatic rings. The second-order valence-corrected chi connectivity index (χ2v) is 15.3. The van der Waals surface area contributed by atoms with Crippen molar-refractivity contribution in [3.05, 3.63) is 11.1 Å². The van der Waals surface area contributed by atoms with Gasteiger partial charge in [-0.3, -0.25) is 0 Å². The maximum Gasteiger partial charge on any atom is 0.130 e. The van der Waals surface area contributed by atoms with Gasteiger partial charge in [-0.2, -0.15) is 0 Å². The Kier molecular flexibility index (Phi) is 5.12. The van der Waals surface area contributed by atoms with Crippen LogP contribution in [0.2, 0.25) is 0 Å². The highest BCUT2D eigenvalue weighted by molar-refractivity contribution is 5.69. The maximum atomic E-state index is 12.6. The van der Waals surface area contributed by atoms with Gasteiger partial charge in [0.2, 0.25) is 0 Å². The first-order chi connectivity index (χ1) is 15.2. The van der Waals surface area contributed by atoms with Crippen molar-refractivity contribution in [1.82, 2.24) is 0 Å². The molecule has 0 saturated heterocycles. The van der Waals surface area contributed by atoms with Gasteiger partial charge in [0.1, 0.15) is 6.29 Å². The molecule has 4 saturated carbocycles. The molecule has 0 bridgehead atoms. The van der Waals surface area contributed by atoms with Crippen molar-refractivity contribution in [3.63, 3.8) is 0 Å². The molecule has 0 aliphatic heterocycles. The third-order valence-electron chi connectivity index (χ3n) is 14.5. The molecule has 0 heterocycles. The minimum absolute atomic E-state index is 0.128. The predicted molar refractivity (Wildman–Crippen MR) is 139 cm³/mol. The Bertz CT molecular complexity index is 879. The molecule has 0 aromatic carbocycles. The van der Waals surface area contributed by atoms with Gasteiger partial charge in [-0.05, 0) is 115 Å². The van der Waals surface area contributed by atoms with E-state index < -0.39 is 0 Å². The van der Waals surface area contributed by atoms with E-state index in [1.165, 1.54) is 51.2 Å². The van der Waals surface area contributed by atoms with Crippen LogP contribution in [0.5, 0.6) is 0 Å². The molecule has 1 unspecified atom stereocenters. The summed E-state index contributed by atoms with van der Waals surface area (Å²) in [5, 5.41) is 0. The normalized spacial score (nSPS) is 53.2. The lowest BCUT2D eigenvalue weighted by molar-refractivity contribution is -0.270. The van der Waals surface area contributed by atoms with Crippen molar-refractivity contribution in [3.8, 4) is 0 Å². The van der Waals surface area contributed by atoms with E-state index in [0.717, 1.165) is 31.1 Å². The number of hydrogen-bond acceptors (Lipinski definition) is 1. The first-order valence-corrected chi connectivity index (χ1v) is 14.4. The van der Waals surface area contributed by atoms with E-state index in [0.29, 0.717) is 38.9 Å². The summed E-state index contributed by atoms with van der Waals surface area (Å²) in [6.07, 6.45) is 14.2. The van der Waals surface area contributed by atoms with Crippen LogP contribution in [0.1, 0.15) is 127 Å². The molecule has 0 N–H and O–H groups in total. The quantitative estimate of drug-likeness (QED) is 0.302. The second kappa shape index (κ2) is 7.00. The van der Waals surface area contributed by atoms with Crippen LogP contribution in [0.4, 0.5) is 0 Å². The van der Waals surface area contributed by atoms with Gasteiger partial charge < -0.3 is 4.79 Å². The van der Waals surface area contributed by atoms with Crippen LogP contribution in [0, 0.1) is 56.2 Å². The van der Waals surface area contributed by atoms with Crippen molar-refractivity contribution in [2.24, 2.45) is 56.2 Å². The molecule has 5 rings (SSSR count). The molecule has 0 radical (unpaired) electrons. The minimum atomic E-state index is -0.128. The lowest BCUT2D eigenvalue weighted by Crippen LogP contribution is -2.69. The molecular formula is C32H52O. The molecule has 0 aromatic rings. The van der Waals surface area contributed by atoms with E-state index in [1.54, 1.807) is 11.1 Å². The molecule has 186 valence electrons. The fraction of sp³-hybridized carbons (Fsp3) is 0.906. The summed E-state index contributed by atoms with van der Waals surface area (Å²) in [4.78, 5) is 12.6. The number of carbonyl (C=O) groups excluding carboxylic acids is 1. The Morgan fingerprint density at radius 2 is 1.42 bits per heavy atom. The van der Waals surface area contributed by atoms with Gasteiger partial charge in [0.05, 0.1) is 0 Å². The van der Waals surface area contributed by atoms with E-state index in [9.17, 15) is 4.79 Å². The molecule has 1 nitrogen and oxygen atoms in total. The molecule has 1 heteroatoms. The zero-order valence-electron chi connectivity index (χ0n) is 23.4. The SMILES string of the molecule is CC(C)C1=C2[C@H]3CC[C@@]4(C)[C@@](C)(CCC5C(C)(C)[C@@H](C)CC[C@@]54C)[C@]3(C)CC[C@@]2(C=O)CC1. The third kappa shape index (κ3) is 2.59. The first-order valence-electron chi connectivity index (χ1n) is 14.4. The smallest absolute Gasteiger partial charge is 0.130 e. The number of hydrogen-bond donors (Lipinski definition) is 0. The molecule has 0 spiro atoms. The molecular weight excluding hydrogens is 400 g/mol. The number of aldehydes is 1. The molecule has 33 heavy (non-hydrogen) atoms. The second-order valence-electron chi connectivity index (χ2n) is 15.3. The van der Waals surface area contributed by atoms with Gasteiger partial charge in [0.15, 0.2) is 0 Å². The number of allylic oxidation sites excluding steroid dienone is 2. The van der Waals surface area contributed by atoms with Crippen LogP contribution < -0.4 is 0 Å². The molecule has 8 atom stereocenters. The van der Waals surface area contributed by atoms with E-state index in [-0.39, 0.29) is 5.41 Å². The Morgan fingerprint density at radius 3 is 2.06 bits per heavy atom. The lowest BCUT2D eigenvalue weighted by Gasteiger charge is -2.76. The lowest BCUT2D eigenvalue weighted by atomic mass is 9.28. The van der Waals surface area contributed by atoms with Gasteiger partial charge >= 0.3 is 0 Å². The summed E-state index contributed by atoms with van der Waals surface area (Å²) in [7, 11) is 0. The summed E-state index contributed by atoms with van der Waals surface area (Å²) in [6.45, 7) is 23.3. The largest absolute Gasteiger partial charge is 0.302 e. The van der Waals surface area contributed by atoms with E-state index in [4.69, 9.17) is 0 Å². The molecule has 5 aliphatic carbocycles. The molecule has 0 aromatic heterocycles. The van der Waals surface area contributed by atoms with Gasteiger partial charge in [0.25, 0.3) is 0 Å². The van der Waals surface area contributed by atoms with Gasteiger partial charge in [-0.1, -0.05) is 73.5 Å². The predicted octanol–water partition coefficient (Wildman–Crippen LogP) is 9.01. The Balaban J connectivity index is 1.64. The average Bonchev–Trinajstić information content (AvgIpc) is 3.14.